The quantitative estimate of drug-likeness (QED) is 0.401. The van der Waals surface area contributed by atoms with E-state index >= 15 is 0 Å². The van der Waals surface area contributed by atoms with Crippen molar-refractivity contribution in [3.63, 3.8) is 0 Å². The van der Waals surface area contributed by atoms with Crippen LogP contribution in [0.2, 0.25) is 10.0 Å². The number of amides is 2. The topological polar surface area (TPSA) is 55.9 Å². The molecule has 9 heteroatoms. The number of nitrogens with one attached hydrogen (secondary N) is 1. The van der Waals surface area contributed by atoms with E-state index < -0.39 is 0 Å². The van der Waals surface area contributed by atoms with Gasteiger partial charge in [-0.05, 0) is 47.9 Å². The molecule has 1 saturated heterocycles. The Bertz CT molecular complexity index is 1260. The second-order valence-electron chi connectivity index (χ2n) is 8.36. The standard InChI is InChI=1S/C25H22Cl2N4O2S/c26-20-8-7-17(15-21(20)27)28-25(34)30-12-9-29(10-13-30)11-14-31-23(32)18-5-1-3-16-4-2-6-19(22(16)18)24(31)33/h1-8,15H,9-14H2,(H,28,34). The van der Waals surface area contributed by atoms with Crippen LogP contribution < -0.4 is 5.32 Å². The van der Waals surface area contributed by atoms with E-state index in [0.29, 0.717) is 39.4 Å². The lowest BCUT2D eigenvalue weighted by molar-refractivity contribution is 0.0583. The molecule has 34 heavy (non-hydrogen) atoms. The lowest BCUT2D eigenvalue weighted by Gasteiger charge is -2.37. The smallest absolute Gasteiger partial charge is 0.261 e. The first-order valence-electron chi connectivity index (χ1n) is 11.0. The SMILES string of the molecule is O=C1c2cccc3cccc(c23)C(=O)N1CCN1CCN(C(=S)Nc2ccc(Cl)c(Cl)c2)CC1. The molecule has 0 aromatic heterocycles. The third-order valence-corrected chi connectivity index (χ3v) is 7.43. The molecule has 5 rings (SSSR count). The Labute approximate surface area is 213 Å². The van der Waals surface area contributed by atoms with Crippen LogP contribution >= 0.6 is 35.4 Å². The van der Waals surface area contributed by atoms with Crippen LogP contribution in [0.1, 0.15) is 20.7 Å². The zero-order chi connectivity index (χ0) is 23.8. The van der Waals surface area contributed by atoms with Crippen LogP contribution in [-0.4, -0.2) is 70.9 Å². The summed E-state index contributed by atoms with van der Waals surface area (Å²) in [7, 11) is 0. The molecule has 6 nitrogen and oxygen atoms in total. The van der Waals surface area contributed by atoms with Gasteiger partial charge in [0.2, 0.25) is 0 Å². The number of rotatable bonds is 4. The Morgan fingerprint density at radius 3 is 2.12 bits per heavy atom. The molecule has 0 radical (unpaired) electrons. The van der Waals surface area contributed by atoms with Crippen LogP contribution in [0.3, 0.4) is 0 Å². The molecule has 0 atom stereocenters. The number of hydrogen-bond donors (Lipinski definition) is 1. The van der Waals surface area contributed by atoms with Crippen molar-refractivity contribution in [2.75, 3.05) is 44.6 Å². The molecule has 2 heterocycles. The number of piperazine rings is 1. The van der Waals surface area contributed by atoms with Crippen molar-refractivity contribution in [1.29, 1.82) is 0 Å². The first-order chi connectivity index (χ1) is 16.4. The minimum atomic E-state index is -0.222. The summed E-state index contributed by atoms with van der Waals surface area (Å²) in [6.07, 6.45) is 0. The van der Waals surface area contributed by atoms with Crippen molar-refractivity contribution < 1.29 is 9.59 Å². The maximum Gasteiger partial charge on any atom is 0.261 e. The molecular formula is C25H22Cl2N4O2S. The minimum Gasteiger partial charge on any atom is -0.346 e. The molecule has 3 aromatic rings. The van der Waals surface area contributed by atoms with Crippen molar-refractivity contribution in [2.24, 2.45) is 0 Å². The second kappa shape index (κ2) is 9.50. The van der Waals surface area contributed by atoms with Crippen LogP contribution in [0.5, 0.6) is 0 Å². The van der Waals surface area contributed by atoms with Crippen LogP contribution in [0.15, 0.2) is 54.6 Å². The highest BCUT2D eigenvalue weighted by Gasteiger charge is 2.33. The highest BCUT2D eigenvalue weighted by molar-refractivity contribution is 7.80. The number of thiocarbonyl (C=S) groups is 1. The lowest BCUT2D eigenvalue weighted by Crippen LogP contribution is -2.52. The summed E-state index contributed by atoms with van der Waals surface area (Å²) in [6.45, 7) is 4.04. The maximum atomic E-state index is 13.1. The van der Waals surface area contributed by atoms with Crippen LogP contribution in [0, 0.1) is 0 Å². The molecule has 0 bridgehead atoms. The van der Waals surface area contributed by atoms with Crippen molar-refractivity contribution in [3.8, 4) is 0 Å². The number of benzene rings is 3. The van der Waals surface area contributed by atoms with Gasteiger partial charge in [0.1, 0.15) is 0 Å². The molecule has 3 aromatic carbocycles. The summed E-state index contributed by atoms with van der Waals surface area (Å²) in [5.74, 6) is -0.445. The largest absolute Gasteiger partial charge is 0.346 e. The van der Waals surface area contributed by atoms with Crippen molar-refractivity contribution in [3.05, 3.63) is 75.8 Å². The van der Waals surface area contributed by atoms with E-state index in [-0.39, 0.29) is 11.8 Å². The van der Waals surface area contributed by atoms with E-state index in [4.69, 9.17) is 35.4 Å². The Hall–Kier alpha value is -2.71. The predicted molar refractivity (Wildman–Crippen MR) is 140 cm³/mol. The number of halogens is 2. The van der Waals surface area contributed by atoms with Crippen molar-refractivity contribution in [2.45, 2.75) is 0 Å². The Morgan fingerprint density at radius 1 is 0.853 bits per heavy atom. The van der Waals surface area contributed by atoms with Gasteiger partial charge in [0.25, 0.3) is 11.8 Å². The van der Waals surface area contributed by atoms with Gasteiger partial charge in [-0.15, -0.1) is 0 Å². The van der Waals surface area contributed by atoms with Crippen molar-refractivity contribution >= 4 is 68.8 Å². The van der Waals surface area contributed by atoms with Crippen LogP contribution in [0.4, 0.5) is 5.69 Å². The van der Waals surface area contributed by atoms with Crippen LogP contribution in [-0.2, 0) is 0 Å². The summed E-state index contributed by atoms with van der Waals surface area (Å²) in [5, 5.41) is 6.48. The van der Waals surface area contributed by atoms with Crippen LogP contribution in [0.25, 0.3) is 10.8 Å². The van der Waals surface area contributed by atoms with Gasteiger partial charge in [-0.1, -0.05) is 47.5 Å². The third kappa shape index (κ3) is 4.36. The Balaban J connectivity index is 1.17. The van der Waals surface area contributed by atoms with E-state index in [1.165, 1.54) is 4.90 Å². The van der Waals surface area contributed by atoms with Gasteiger partial charge in [0.15, 0.2) is 5.11 Å². The van der Waals surface area contributed by atoms with E-state index in [9.17, 15) is 9.59 Å². The second-order valence-corrected chi connectivity index (χ2v) is 9.56. The highest BCUT2D eigenvalue weighted by atomic mass is 35.5. The average Bonchev–Trinajstić information content (AvgIpc) is 2.85. The fraction of sp³-hybridized carbons (Fsp3) is 0.240. The van der Waals surface area contributed by atoms with Gasteiger partial charge in [-0.25, -0.2) is 0 Å². The summed E-state index contributed by atoms with van der Waals surface area (Å²) >= 11 is 17.6. The van der Waals surface area contributed by atoms with Gasteiger partial charge in [-0.2, -0.15) is 0 Å². The molecule has 0 unspecified atom stereocenters. The van der Waals surface area contributed by atoms with Gasteiger partial charge in [0.05, 0.1) is 10.0 Å². The van der Waals surface area contributed by atoms with Gasteiger partial charge in [-0.3, -0.25) is 19.4 Å². The number of carbonyl (C=O) groups excluding carboxylic acids is 2. The molecular weight excluding hydrogens is 491 g/mol. The van der Waals surface area contributed by atoms with E-state index in [0.717, 1.165) is 42.6 Å². The van der Waals surface area contributed by atoms with Gasteiger partial charge in [0, 0.05) is 61.5 Å². The zero-order valence-electron chi connectivity index (χ0n) is 18.3. The fourth-order valence-electron chi connectivity index (χ4n) is 4.48. The molecule has 1 fully saturated rings. The molecule has 1 N–H and O–H groups in total. The minimum absolute atomic E-state index is 0.222. The van der Waals surface area contributed by atoms with E-state index in [2.05, 4.69) is 15.1 Å². The normalized spacial score (nSPS) is 16.3. The number of nitrogens with zero attached hydrogens (tertiary/aromatic N) is 3. The number of carbonyl (C=O) groups is 2. The highest BCUT2D eigenvalue weighted by Crippen LogP contribution is 2.30. The zero-order valence-corrected chi connectivity index (χ0v) is 20.6. The van der Waals surface area contributed by atoms with Crippen molar-refractivity contribution in [1.82, 2.24) is 14.7 Å². The lowest BCUT2D eigenvalue weighted by atomic mass is 9.94. The monoisotopic (exact) mass is 512 g/mol. The predicted octanol–water partition coefficient (Wildman–Crippen LogP) is 4.76. The fourth-order valence-corrected chi connectivity index (χ4v) is 5.07. The first kappa shape index (κ1) is 23.1. The Morgan fingerprint density at radius 2 is 1.50 bits per heavy atom. The number of imide groups is 1. The molecule has 0 saturated carbocycles. The number of anilines is 1. The molecule has 2 aliphatic heterocycles. The molecule has 174 valence electrons. The van der Waals surface area contributed by atoms with E-state index in [1.807, 2.05) is 30.3 Å². The summed E-state index contributed by atoms with van der Waals surface area (Å²) in [6, 6.07) is 16.5. The first-order valence-corrected chi connectivity index (χ1v) is 12.2. The molecule has 2 aliphatic rings. The van der Waals surface area contributed by atoms with Gasteiger partial charge >= 0.3 is 0 Å². The Kier molecular flexibility index (Phi) is 6.44. The van der Waals surface area contributed by atoms with Gasteiger partial charge < -0.3 is 10.2 Å². The summed E-state index contributed by atoms with van der Waals surface area (Å²) < 4.78 is 0. The number of hydrogen-bond acceptors (Lipinski definition) is 4. The molecule has 2 amide bonds. The third-order valence-electron chi connectivity index (χ3n) is 6.33. The van der Waals surface area contributed by atoms with E-state index in [1.54, 1.807) is 24.3 Å². The maximum absolute atomic E-state index is 13.1. The summed E-state index contributed by atoms with van der Waals surface area (Å²) in [5.41, 5.74) is 1.98. The summed E-state index contributed by atoms with van der Waals surface area (Å²) in [4.78, 5) is 31.9. The average molecular weight is 513 g/mol. The molecule has 0 spiro atoms. The molecule has 0 aliphatic carbocycles.